The van der Waals surface area contributed by atoms with Gasteiger partial charge in [0.05, 0.1) is 5.52 Å². The van der Waals surface area contributed by atoms with E-state index >= 15 is 0 Å². The van der Waals surface area contributed by atoms with Gasteiger partial charge in [-0.2, -0.15) is 0 Å². The molecule has 9 heteroatoms. The van der Waals surface area contributed by atoms with Crippen molar-refractivity contribution in [2.45, 2.75) is 26.4 Å². The Morgan fingerprint density at radius 1 is 1.03 bits per heavy atom. The van der Waals surface area contributed by atoms with Crippen LogP contribution >= 0.6 is 11.3 Å². The minimum absolute atomic E-state index is 0.151. The first-order chi connectivity index (χ1) is 15.2. The van der Waals surface area contributed by atoms with E-state index in [2.05, 4.69) is 15.0 Å². The first-order valence-electron chi connectivity index (χ1n) is 9.71. The Morgan fingerprint density at radius 2 is 1.75 bits per heavy atom. The number of rotatable bonds is 4. The van der Waals surface area contributed by atoms with Crippen molar-refractivity contribution in [2.75, 3.05) is 4.90 Å². The zero-order valence-electron chi connectivity index (χ0n) is 17.6. The maximum absolute atomic E-state index is 13.2. The lowest BCUT2D eigenvalue weighted by Crippen LogP contribution is -2.34. The van der Waals surface area contributed by atoms with E-state index in [4.69, 9.17) is 4.74 Å². The molecule has 0 saturated heterocycles. The third-order valence-corrected chi connectivity index (χ3v) is 5.16. The Balaban J connectivity index is 1.78. The van der Waals surface area contributed by atoms with Crippen LogP contribution in [0.15, 0.2) is 60.2 Å². The van der Waals surface area contributed by atoms with Crippen LogP contribution in [0.2, 0.25) is 0 Å². The second kappa shape index (κ2) is 8.43. The van der Waals surface area contributed by atoms with Crippen molar-refractivity contribution in [1.82, 2.24) is 15.0 Å². The summed E-state index contributed by atoms with van der Waals surface area (Å²) in [4.78, 5) is 40.1. The maximum Gasteiger partial charge on any atom is 0.421 e. The Kier molecular flexibility index (Phi) is 5.67. The molecule has 2 heterocycles. The summed E-state index contributed by atoms with van der Waals surface area (Å²) in [5.41, 5.74) is 0.175. The predicted molar refractivity (Wildman–Crippen MR) is 120 cm³/mol. The van der Waals surface area contributed by atoms with Gasteiger partial charge in [-0.05, 0) is 57.2 Å². The Bertz CT molecular complexity index is 1290. The number of anilines is 2. The van der Waals surface area contributed by atoms with E-state index < -0.39 is 17.5 Å². The number of para-hydroxylation sites is 1. The molecule has 4 rings (SSSR count). The van der Waals surface area contributed by atoms with Gasteiger partial charge >= 0.3 is 6.09 Å². The van der Waals surface area contributed by atoms with E-state index in [-0.39, 0.29) is 22.4 Å². The molecule has 0 bridgehead atoms. The molecule has 0 radical (unpaired) electrons. The summed E-state index contributed by atoms with van der Waals surface area (Å²) < 4.78 is 18.8. The van der Waals surface area contributed by atoms with Crippen LogP contribution in [0.1, 0.15) is 36.1 Å². The van der Waals surface area contributed by atoms with Crippen LogP contribution in [-0.2, 0) is 4.74 Å². The highest BCUT2D eigenvalue weighted by Gasteiger charge is 2.30. The van der Waals surface area contributed by atoms with Gasteiger partial charge in [0.1, 0.15) is 17.7 Å². The van der Waals surface area contributed by atoms with E-state index in [0.29, 0.717) is 16.5 Å². The van der Waals surface area contributed by atoms with Crippen molar-refractivity contribution in [1.29, 1.82) is 0 Å². The van der Waals surface area contributed by atoms with Crippen LogP contribution in [0.3, 0.4) is 0 Å². The summed E-state index contributed by atoms with van der Waals surface area (Å²) in [6, 6.07) is 12.4. The lowest BCUT2D eigenvalue weighted by molar-refractivity contribution is 0.0597. The number of halogens is 1. The quantitative estimate of drug-likeness (QED) is 0.380. The average molecular weight is 450 g/mol. The molecular weight excluding hydrogens is 431 g/mol. The van der Waals surface area contributed by atoms with Crippen molar-refractivity contribution in [3.05, 3.63) is 76.6 Å². The van der Waals surface area contributed by atoms with Gasteiger partial charge in [-0.3, -0.25) is 4.79 Å². The van der Waals surface area contributed by atoms with Gasteiger partial charge in [0, 0.05) is 16.3 Å². The van der Waals surface area contributed by atoms with Gasteiger partial charge in [0.2, 0.25) is 5.78 Å². The summed E-state index contributed by atoms with van der Waals surface area (Å²) in [7, 11) is 0. The van der Waals surface area contributed by atoms with E-state index in [0.717, 1.165) is 11.3 Å². The number of hydrogen-bond donors (Lipinski definition) is 0. The average Bonchev–Trinajstić information content (AvgIpc) is 3.22. The molecule has 162 valence electrons. The number of benzene rings is 2. The minimum Gasteiger partial charge on any atom is -0.443 e. The third-order valence-electron chi connectivity index (χ3n) is 4.33. The summed E-state index contributed by atoms with van der Waals surface area (Å²) >= 11 is 1.07. The summed E-state index contributed by atoms with van der Waals surface area (Å²) in [5, 5.41) is 2.36. The maximum atomic E-state index is 13.2. The molecule has 2 aromatic carbocycles. The monoisotopic (exact) mass is 450 g/mol. The normalized spacial score (nSPS) is 11.4. The molecule has 0 aliphatic heterocycles. The highest BCUT2D eigenvalue weighted by Crippen LogP contribution is 2.32. The molecule has 0 aliphatic rings. The predicted octanol–water partition coefficient (Wildman–Crippen LogP) is 5.53. The van der Waals surface area contributed by atoms with E-state index in [9.17, 15) is 14.0 Å². The molecule has 0 aliphatic carbocycles. The first kappa shape index (κ1) is 21.5. The first-order valence-corrected chi connectivity index (χ1v) is 10.6. The third kappa shape index (κ3) is 4.47. The number of fused-ring (bicyclic) bond motifs is 1. The highest BCUT2D eigenvalue weighted by molar-refractivity contribution is 7.12. The van der Waals surface area contributed by atoms with Crippen molar-refractivity contribution in [2.24, 2.45) is 0 Å². The standard InChI is InChI=1S/C23H19FN4O3S/c1-23(2,3)31-22(30)28(20-16-6-4-5-7-17(16)25-13-26-20)18-12-32-21(27-18)19(29)14-8-10-15(24)11-9-14/h4-13H,1-3H3. The summed E-state index contributed by atoms with van der Waals surface area (Å²) in [6.45, 7) is 5.27. The topological polar surface area (TPSA) is 85.3 Å². The van der Waals surface area contributed by atoms with Gasteiger partial charge in [0.25, 0.3) is 0 Å². The molecule has 0 N–H and O–H groups in total. The lowest BCUT2D eigenvalue weighted by Gasteiger charge is -2.26. The van der Waals surface area contributed by atoms with Crippen LogP contribution < -0.4 is 4.90 Å². The highest BCUT2D eigenvalue weighted by atomic mass is 32.1. The number of carbonyl (C=O) groups is 2. The summed E-state index contributed by atoms with van der Waals surface area (Å²) in [6.07, 6.45) is 0.666. The van der Waals surface area contributed by atoms with E-state index in [1.165, 1.54) is 35.5 Å². The fraction of sp³-hybridized carbons (Fsp3) is 0.174. The van der Waals surface area contributed by atoms with Crippen molar-refractivity contribution in [3.63, 3.8) is 0 Å². The molecular formula is C23H19FN4O3S. The molecule has 1 amide bonds. The second-order valence-corrected chi connectivity index (χ2v) is 8.74. The lowest BCUT2D eigenvalue weighted by atomic mass is 10.1. The number of ketones is 1. The smallest absolute Gasteiger partial charge is 0.421 e. The Labute approximate surface area is 187 Å². The van der Waals surface area contributed by atoms with Crippen molar-refractivity contribution in [3.8, 4) is 0 Å². The van der Waals surface area contributed by atoms with Gasteiger partial charge in [-0.25, -0.2) is 29.0 Å². The largest absolute Gasteiger partial charge is 0.443 e. The second-order valence-electron chi connectivity index (χ2n) is 7.88. The van der Waals surface area contributed by atoms with E-state index in [1.54, 1.807) is 38.3 Å². The molecule has 0 saturated carbocycles. The van der Waals surface area contributed by atoms with Crippen LogP contribution in [0, 0.1) is 5.82 Å². The number of nitrogens with zero attached hydrogens (tertiary/aromatic N) is 4. The van der Waals surface area contributed by atoms with Crippen LogP contribution in [0.4, 0.5) is 20.8 Å². The molecule has 32 heavy (non-hydrogen) atoms. The number of ether oxygens (including phenoxy) is 1. The van der Waals surface area contributed by atoms with Gasteiger partial charge in [0.15, 0.2) is 16.6 Å². The zero-order valence-corrected chi connectivity index (χ0v) is 18.4. The van der Waals surface area contributed by atoms with Crippen LogP contribution in [0.25, 0.3) is 10.9 Å². The van der Waals surface area contributed by atoms with Crippen LogP contribution in [-0.4, -0.2) is 32.4 Å². The zero-order chi connectivity index (χ0) is 22.9. The number of amides is 1. The molecule has 0 fully saturated rings. The SMILES string of the molecule is CC(C)(C)OC(=O)N(c1csc(C(=O)c2ccc(F)cc2)n1)c1ncnc2ccccc12. The fourth-order valence-electron chi connectivity index (χ4n) is 2.96. The Morgan fingerprint density at radius 3 is 2.47 bits per heavy atom. The minimum atomic E-state index is -0.763. The Hall–Kier alpha value is -3.72. The van der Waals surface area contributed by atoms with E-state index in [1.807, 2.05) is 12.1 Å². The summed E-state index contributed by atoms with van der Waals surface area (Å²) in [5.74, 6) is -0.333. The number of carbonyl (C=O) groups excluding carboxylic acids is 2. The van der Waals surface area contributed by atoms with Gasteiger partial charge < -0.3 is 4.74 Å². The number of hydrogen-bond acceptors (Lipinski definition) is 7. The molecule has 7 nitrogen and oxygen atoms in total. The molecule has 0 spiro atoms. The molecule has 0 unspecified atom stereocenters. The number of aromatic nitrogens is 3. The van der Waals surface area contributed by atoms with Gasteiger partial charge in [-0.15, -0.1) is 11.3 Å². The molecule has 0 atom stereocenters. The fourth-order valence-corrected chi connectivity index (χ4v) is 3.71. The molecule has 4 aromatic rings. The van der Waals surface area contributed by atoms with Crippen molar-refractivity contribution < 1.29 is 18.7 Å². The van der Waals surface area contributed by atoms with Crippen molar-refractivity contribution >= 4 is 45.8 Å². The van der Waals surface area contributed by atoms with Gasteiger partial charge in [-0.1, -0.05) is 12.1 Å². The molecule has 2 aromatic heterocycles. The number of thiazole rings is 1. The van der Waals surface area contributed by atoms with Crippen LogP contribution in [0.5, 0.6) is 0 Å².